The Morgan fingerprint density at radius 1 is 1.50 bits per heavy atom. The molecule has 90 valence electrons. The molecule has 0 atom stereocenters. The Kier molecular flexibility index (Phi) is 3.93. The van der Waals surface area contributed by atoms with Gasteiger partial charge >= 0.3 is 5.97 Å². The van der Waals surface area contributed by atoms with Gasteiger partial charge in [-0.25, -0.2) is 8.42 Å². The molecule has 0 bridgehead atoms. The van der Waals surface area contributed by atoms with Crippen LogP contribution < -0.4 is 0 Å². The third-order valence-corrected chi connectivity index (χ3v) is 3.36. The van der Waals surface area contributed by atoms with Gasteiger partial charge in [-0.2, -0.15) is 4.80 Å². The lowest BCUT2D eigenvalue weighted by Crippen LogP contribution is -2.13. The molecule has 0 radical (unpaired) electrons. The van der Waals surface area contributed by atoms with Gasteiger partial charge in [0.1, 0.15) is 5.75 Å². The highest BCUT2D eigenvalue weighted by Gasteiger charge is 2.15. The van der Waals surface area contributed by atoms with E-state index in [1.807, 2.05) is 0 Å². The summed E-state index contributed by atoms with van der Waals surface area (Å²) in [6.45, 7) is 1.33. The average Bonchev–Trinajstić information content (AvgIpc) is 2.49. The Balaban J connectivity index is 2.69. The number of nitrogens with zero attached hydrogens (tertiary/aromatic N) is 4. The maximum atomic E-state index is 11.4. The van der Waals surface area contributed by atoms with Gasteiger partial charge in [0.2, 0.25) is 0 Å². The fraction of sp³-hybridized carbons (Fsp3) is 0.714. The molecule has 0 saturated heterocycles. The minimum Gasteiger partial charge on any atom is -0.480 e. The van der Waals surface area contributed by atoms with E-state index in [1.165, 1.54) is 0 Å². The van der Waals surface area contributed by atoms with E-state index in [-0.39, 0.29) is 17.3 Å². The van der Waals surface area contributed by atoms with Crippen molar-refractivity contribution in [3.8, 4) is 0 Å². The topological polar surface area (TPSA) is 115 Å². The molecule has 0 aromatic carbocycles. The van der Waals surface area contributed by atoms with E-state index in [0.29, 0.717) is 6.42 Å². The zero-order chi connectivity index (χ0) is 12.2. The highest BCUT2D eigenvalue weighted by molar-refractivity contribution is 7.90. The maximum absolute atomic E-state index is 11.4. The quantitative estimate of drug-likeness (QED) is 0.692. The van der Waals surface area contributed by atoms with Gasteiger partial charge in [-0.1, -0.05) is 6.92 Å². The van der Waals surface area contributed by atoms with Crippen LogP contribution in [0.5, 0.6) is 0 Å². The first-order chi connectivity index (χ1) is 7.43. The fourth-order valence-corrected chi connectivity index (χ4v) is 2.38. The van der Waals surface area contributed by atoms with Crippen LogP contribution in [0, 0.1) is 0 Å². The normalized spacial score (nSPS) is 11.6. The van der Waals surface area contributed by atoms with Crippen molar-refractivity contribution in [1.29, 1.82) is 0 Å². The summed E-state index contributed by atoms with van der Waals surface area (Å²) >= 11 is 0. The molecule has 0 spiro atoms. The van der Waals surface area contributed by atoms with Crippen molar-refractivity contribution in [1.82, 2.24) is 20.2 Å². The number of hydrogen-bond donors (Lipinski definition) is 1. The van der Waals surface area contributed by atoms with Gasteiger partial charge in [-0.3, -0.25) is 4.79 Å². The van der Waals surface area contributed by atoms with Crippen LogP contribution in [-0.4, -0.2) is 45.5 Å². The van der Waals surface area contributed by atoms with Gasteiger partial charge < -0.3 is 5.11 Å². The number of aromatic nitrogens is 4. The Morgan fingerprint density at radius 2 is 2.19 bits per heavy atom. The largest absolute Gasteiger partial charge is 0.480 e. The zero-order valence-electron chi connectivity index (χ0n) is 8.70. The van der Waals surface area contributed by atoms with Gasteiger partial charge in [0.15, 0.2) is 22.2 Å². The predicted octanol–water partition coefficient (Wildman–Crippen LogP) is -0.917. The van der Waals surface area contributed by atoms with Crippen molar-refractivity contribution < 1.29 is 18.3 Å². The predicted molar refractivity (Wildman–Crippen MR) is 53.2 cm³/mol. The Hall–Kier alpha value is -1.51. The fourth-order valence-electron chi connectivity index (χ4n) is 1.10. The maximum Gasteiger partial charge on any atom is 0.327 e. The molecular formula is C7H12N4O4S. The number of carboxylic acids is 1. The summed E-state index contributed by atoms with van der Waals surface area (Å²) in [5, 5.41) is 19.0. The molecule has 0 aliphatic rings. The number of hydrogen-bond acceptors (Lipinski definition) is 6. The number of rotatable bonds is 6. The van der Waals surface area contributed by atoms with E-state index >= 15 is 0 Å². The summed E-state index contributed by atoms with van der Waals surface area (Å²) in [6, 6.07) is 0. The van der Waals surface area contributed by atoms with Crippen LogP contribution in [0.25, 0.3) is 0 Å². The molecule has 1 aromatic heterocycles. The molecule has 16 heavy (non-hydrogen) atoms. The van der Waals surface area contributed by atoms with Crippen molar-refractivity contribution in [3.63, 3.8) is 0 Å². The van der Waals surface area contributed by atoms with Gasteiger partial charge in [0, 0.05) is 0 Å². The monoisotopic (exact) mass is 248 g/mol. The molecule has 1 N–H and O–H groups in total. The molecule has 1 aromatic rings. The molecular weight excluding hydrogens is 236 g/mol. The van der Waals surface area contributed by atoms with Crippen LogP contribution in [0.1, 0.15) is 19.2 Å². The van der Waals surface area contributed by atoms with E-state index in [9.17, 15) is 13.2 Å². The summed E-state index contributed by atoms with van der Waals surface area (Å²) in [4.78, 5) is 11.2. The minimum absolute atomic E-state index is 0.0229. The van der Waals surface area contributed by atoms with Crippen molar-refractivity contribution in [3.05, 3.63) is 5.82 Å². The van der Waals surface area contributed by atoms with Crippen LogP contribution in [0.4, 0.5) is 0 Å². The number of aliphatic carboxylic acids is 1. The molecule has 0 amide bonds. The summed E-state index contributed by atoms with van der Waals surface area (Å²) in [7, 11) is -3.23. The SMILES string of the molecule is CCCS(=O)(=O)Cc1nnn(CC(=O)O)n1. The first-order valence-electron chi connectivity index (χ1n) is 4.62. The lowest BCUT2D eigenvalue weighted by atomic mass is 10.6. The third-order valence-electron chi connectivity index (χ3n) is 1.64. The first kappa shape index (κ1) is 12.6. The Labute approximate surface area is 92.2 Å². The number of carbonyl (C=O) groups is 1. The van der Waals surface area contributed by atoms with Crippen molar-refractivity contribution in [2.75, 3.05) is 5.75 Å². The number of tetrazole rings is 1. The van der Waals surface area contributed by atoms with E-state index in [4.69, 9.17) is 5.11 Å². The summed E-state index contributed by atoms with van der Waals surface area (Å²) in [5.74, 6) is -1.34. The second-order valence-electron chi connectivity index (χ2n) is 3.22. The molecule has 0 saturated carbocycles. The molecule has 0 fully saturated rings. The van der Waals surface area contributed by atoms with Gasteiger partial charge in [-0.15, -0.1) is 10.2 Å². The van der Waals surface area contributed by atoms with E-state index < -0.39 is 22.4 Å². The van der Waals surface area contributed by atoms with Crippen LogP contribution in [0.2, 0.25) is 0 Å². The standard InChI is InChI=1S/C7H12N4O4S/c1-2-3-16(14,15)5-6-8-10-11(9-6)4-7(12)13/h2-5H2,1H3,(H,12,13). The highest BCUT2D eigenvalue weighted by Crippen LogP contribution is 2.01. The van der Waals surface area contributed by atoms with E-state index in [1.54, 1.807) is 6.92 Å². The molecule has 1 rings (SSSR count). The van der Waals surface area contributed by atoms with Crippen molar-refractivity contribution in [2.24, 2.45) is 0 Å². The van der Waals surface area contributed by atoms with Gasteiger partial charge in [0.25, 0.3) is 0 Å². The second kappa shape index (κ2) is 5.01. The van der Waals surface area contributed by atoms with Crippen LogP contribution in [0.3, 0.4) is 0 Å². The van der Waals surface area contributed by atoms with Gasteiger partial charge in [0.05, 0.1) is 5.75 Å². The first-order valence-corrected chi connectivity index (χ1v) is 6.44. The zero-order valence-corrected chi connectivity index (χ0v) is 9.51. The highest BCUT2D eigenvalue weighted by atomic mass is 32.2. The second-order valence-corrected chi connectivity index (χ2v) is 5.41. The van der Waals surface area contributed by atoms with Crippen LogP contribution >= 0.6 is 0 Å². The third kappa shape index (κ3) is 3.93. The lowest BCUT2D eigenvalue weighted by Gasteiger charge is -1.97. The van der Waals surface area contributed by atoms with Crippen LogP contribution in [0.15, 0.2) is 0 Å². The Morgan fingerprint density at radius 3 is 2.75 bits per heavy atom. The summed E-state index contributed by atoms with van der Waals surface area (Å²) in [5.41, 5.74) is 0. The van der Waals surface area contributed by atoms with E-state index in [2.05, 4.69) is 15.4 Å². The van der Waals surface area contributed by atoms with Crippen molar-refractivity contribution in [2.45, 2.75) is 25.6 Å². The van der Waals surface area contributed by atoms with Crippen LogP contribution in [-0.2, 0) is 26.9 Å². The van der Waals surface area contributed by atoms with E-state index in [0.717, 1.165) is 4.80 Å². The average molecular weight is 248 g/mol. The number of carboxylic acid groups (broad SMARTS) is 1. The molecule has 0 aliphatic heterocycles. The minimum atomic E-state index is -3.23. The number of sulfone groups is 1. The summed E-state index contributed by atoms with van der Waals surface area (Å²) < 4.78 is 22.8. The molecule has 8 nitrogen and oxygen atoms in total. The molecule has 1 heterocycles. The Bertz CT molecular complexity index is 466. The van der Waals surface area contributed by atoms with Gasteiger partial charge in [-0.05, 0) is 11.6 Å². The molecule has 0 aliphatic carbocycles. The molecule has 9 heteroatoms. The van der Waals surface area contributed by atoms with Crippen molar-refractivity contribution >= 4 is 15.8 Å². The lowest BCUT2D eigenvalue weighted by molar-refractivity contribution is -0.138. The smallest absolute Gasteiger partial charge is 0.327 e. The molecule has 0 unspecified atom stereocenters. The summed E-state index contributed by atoms with van der Waals surface area (Å²) in [6.07, 6.45) is 0.519.